The predicted molar refractivity (Wildman–Crippen MR) is 85.0 cm³/mol. The van der Waals surface area contributed by atoms with Crippen molar-refractivity contribution in [1.82, 2.24) is 5.32 Å². The second-order valence-electron chi connectivity index (χ2n) is 4.86. The summed E-state index contributed by atoms with van der Waals surface area (Å²) < 4.78 is 12.8. The highest BCUT2D eigenvalue weighted by Crippen LogP contribution is 2.18. The van der Waals surface area contributed by atoms with Gasteiger partial charge < -0.3 is 5.32 Å². The molecule has 1 amide bonds. The minimum Gasteiger partial charge on any atom is -0.355 e. The maximum atomic E-state index is 12.8. The zero-order valence-electron chi connectivity index (χ0n) is 11.9. The highest BCUT2D eigenvalue weighted by molar-refractivity contribution is 8.00. The van der Waals surface area contributed by atoms with Gasteiger partial charge in [0.05, 0.1) is 5.75 Å². The van der Waals surface area contributed by atoms with E-state index in [4.69, 9.17) is 0 Å². The molecule has 2 rings (SSSR count). The summed E-state index contributed by atoms with van der Waals surface area (Å²) in [6.45, 7) is 2.70. The third-order valence-electron chi connectivity index (χ3n) is 3.16. The van der Waals surface area contributed by atoms with Crippen LogP contribution in [0, 0.1) is 5.82 Å². The lowest BCUT2D eigenvalue weighted by molar-refractivity contribution is -0.118. The van der Waals surface area contributed by atoms with Crippen LogP contribution in [0.1, 0.15) is 18.4 Å². The number of halogens is 1. The van der Waals surface area contributed by atoms with E-state index in [0.29, 0.717) is 12.3 Å². The number of amides is 1. The molecule has 0 aliphatic rings. The van der Waals surface area contributed by atoms with E-state index in [9.17, 15) is 9.18 Å². The van der Waals surface area contributed by atoms with E-state index in [0.717, 1.165) is 4.90 Å². The first-order chi connectivity index (χ1) is 10.1. The van der Waals surface area contributed by atoms with Crippen LogP contribution in [0.5, 0.6) is 0 Å². The van der Waals surface area contributed by atoms with Gasteiger partial charge in [-0.25, -0.2) is 4.39 Å². The molecule has 4 heteroatoms. The zero-order chi connectivity index (χ0) is 15.1. The molecule has 0 bridgehead atoms. The molecule has 1 atom stereocenters. The number of benzene rings is 2. The van der Waals surface area contributed by atoms with Crippen molar-refractivity contribution in [2.45, 2.75) is 17.7 Å². The van der Waals surface area contributed by atoms with Crippen LogP contribution in [0.2, 0.25) is 0 Å². The van der Waals surface area contributed by atoms with Crippen molar-refractivity contribution in [3.05, 3.63) is 66.0 Å². The summed E-state index contributed by atoms with van der Waals surface area (Å²) in [4.78, 5) is 12.7. The molecule has 0 aromatic heterocycles. The lowest BCUT2D eigenvalue weighted by Crippen LogP contribution is -2.28. The highest BCUT2D eigenvalue weighted by Gasteiger charge is 2.08. The first kappa shape index (κ1) is 15.6. The molecule has 1 unspecified atom stereocenters. The van der Waals surface area contributed by atoms with Crippen LogP contribution in [0.4, 0.5) is 4.39 Å². The standard InChI is InChI=1S/C17H18FNOS/c1-13(14-5-3-2-4-6-14)11-19-17(20)12-21-16-9-7-15(18)8-10-16/h2-10,13H,11-12H2,1H3,(H,19,20). The topological polar surface area (TPSA) is 29.1 Å². The van der Waals surface area contributed by atoms with Gasteiger partial charge in [-0.3, -0.25) is 4.79 Å². The van der Waals surface area contributed by atoms with Gasteiger partial charge >= 0.3 is 0 Å². The van der Waals surface area contributed by atoms with E-state index >= 15 is 0 Å². The maximum Gasteiger partial charge on any atom is 0.230 e. The van der Waals surface area contributed by atoms with E-state index in [1.54, 1.807) is 12.1 Å². The van der Waals surface area contributed by atoms with Crippen LogP contribution in [-0.2, 0) is 4.79 Å². The molecular weight excluding hydrogens is 285 g/mol. The molecule has 0 spiro atoms. The molecule has 2 nitrogen and oxygen atoms in total. The number of hydrogen-bond donors (Lipinski definition) is 1. The first-order valence-electron chi connectivity index (χ1n) is 6.85. The van der Waals surface area contributed by atoms with Gasteiger partial charge in [0.1, 0.15) is 5.82 Å². The molecule has 1 N–H and O–H groups in total. The van der Waals surface area contributed by atoms with Gasteiger partial charge in [-0.2, -0.15) is 0 Å². The molecule has 0 saturated carbocycles. The van der Waals surface area contributed by atoms with E-state index in [1.165, 1.54) is 29.5 Å². The highest BCUT2D eigenvalue weighted by atomic mass is 32.2. The Morgan fingerprint density at radius 2 is 1.81 bits per heavy atom. The predicted octanol–water partition coefficient (Wildman–Crippen LogP) is 3.84. The Labute approximate surface area is 128 Å². The van der Waals surface area contributed by atoms with Crippen LogP contribution in [0.15, 0.2) is 59.5 Å². The summed E-state index contributed by atoms with van der Waals surface area (Å²) in [7, 11) is 0. The molecule has 0 saturated heterocycles. The largest absolute Gasteiger partial charge is 0.355 e. The lowest BCUT2D eigenvalue weighted by Gasteiger charge is -2.13. The molecule has 2 aromatic carbocycles. The van der Waals surface area contributed by atoms with Gasteiger partial charge in [-0.1, -0.05) is 37.3 Å². The first-order valence-corrected chi connectivity index (χ1v) is 7.83. The summed E-state index contributed by atoms with van der Waals surface area (Å²) in [5, 5.41) is 2.93. The lowest BCUT2D eigenvalue weighted by atomic mass is 10.0. The molecule has 0 aliphatic carbocycles. The molecular formula is C17H18FNOS. The number of rotatable bonds is 6. The number of thioether (sulfide) groups is 1. The molecule has 110 valence electrons. The van der Waals surface area contributed by atoms with E-state index < -0.39 is 0 Å². The van der Waals surface area contributed by atoms with Crippen LogP contribution in [0.3, 0.4) is 0 Å². The Morgan fingerprint density at radius 1 is 1.14 bits per heavy atom. The Balaban J connectivity index is 1.73. The van der Waals surface area contributed by atoms with Gasteiger partial charge in [0, 0.05) is 11.4 Å². The molecule has 0 heterocycles. The quantitative estimate of drug-likeness (QED) is 0.822. The SMILES string of the molecule is CC(CNC(=O)CSc1ccc(F)cc1)c1ccccc1. The van der Waals surface area contributed by atoms with Crippen molar-refractivity contribution < 1.29 is 9.18 Å². The third kappa shape index (κ3) is 5.23. The smallest absolute Gasteiger partial charge is 0.230 e. The van der Waals surface area contributed by atoms with Gasteiger partial charge in [0.25, 0.3) is 0 Å². The number of carbonyl (C=O) groups excluding carboxylic acids is 1. The summed E-state index contributed by atoms with van der Waals surface area (Å²) in [6, 6.07) is 16.3. The molecule has 0 radical (unpaired) electrons. The number of carbonyl (C=O) groups is 1. The summed E-state index contributed by atoms with van der Waals surface area (Å²) in [5.41, 5.74) is 1.21. The van der Waals surface area contributed by atoms with Crippen molar-refractivity contribution in [1.29, 1.82) is 0 Å². The minimum absolute atomic E-state index is 0.00731. The Kier molecular flexibility index (Phi) is 5.81. The Morgan fingerprint density at radius 3 is 2.48 bits per heavy atom. The Bertz CT molecular complexity index is 571. The fourth-order valence-electron chi connectivity index (χ4n) is 1.90. The maximum absolute atomic E-state index is 12.8. The summed E-state index contributed by atoms with van der Waals surface area (Å²) >= 11 is 1.41. The fourth-order valence-corrected chi connectivity index (χ4v) is 2.63. The van der Waals surface area contributed by atoms with Crippen molar-refractivity contribution >= 4 is 17.7 Å². The van der Waals surface area contributed by atoms with Crippen LogP contribution >= 0.6 is 11.8 Å². The fraction of sp³-hybridized carbons (Fsp3) is 0.235. The molecule has 2 aromatic rings. The summed E-state index contributed by atoms with van der Waals surface area (Å²) in [6.07, 6.45) is 0. The molecule has 0 fully saturated rings. The van der Waals surface area contributed by atoms with Crippen molar-refractivity contribution in [2.24, 2.45) is 0 Å². The van der Waals surface area contributed by atoms with Crippen molar-refractivity contribution in [2.75, 3.05) is 12.3 Å². The summed E-state index contributed by atoms with van der Waals surface area (Å²) in [5.74, 6) is 0.353. The second-order valence-corrected chi connectivity index (χ2v) is 5.91. The van der Waals surface area contributed by atoms with Crippen molar-refractivity contribution in [3.8, 4) is 0 Å². The normalized spacial score (nSPS) is 11.9. The number of nitrogens with one attached hydrogen (secondary N) is 1. The monoisotopic (exact) mass is 303 g/mol. The van der Waals surface area contributed by atoms with Gasteiger partial charge in [0.15, 0.2) is 0 Å². The third-order valence-corrected chi connectivity index (χ3v) is 4.17. The van der Waals surface area contributed by atoms with Crippen LogP contribution in [0.25, 0.3) is 0 Å². The van der Waals surface area contributed by atoms with Crippen LogP contribution < -0.4 is 5.32 Å². The van der Waals surface area contributed by atoms with E-state index in [1.807, 2.05) is 18.2 Å². The zero-order valence-corrected chi connectivity index (χ0v) is 12.7. The molecule has 0 aliphatic heterocycles. The second kappa shape index (κ2) is 7.84. The average Bonchev–Trinajstić information content (AvgIpc) is 2.53. The van der Waals surface area contributed by atoms with Gasteiger partial charge in [-0.05, 0) is 35.7 Å². The van der Waals surface area contributed by atoms with E-state index in [-0.39, 0.29) is 17.6 Å². The van der Waals surface area contributed by atoms with Crippen molar-refractivity contribution in [3.63, 3.8) is 0 Å². The van der Waals surface area contributed by atoms with Gasteiger partial charge in [0.2, 0.25) is 5.91 Å². The average molecular weight is 303 g/mol. The Hall–Kier alpha value is -1.81. The van der Waals surface area contributed by atoms with Gasteiger partial charge in [-0.15, -0.1) is 11.8 Å². The van der Waals surface area contributed by atoms with Crippen LogP contribution in [-0.4, -0.2) is 18.2 Å². The minimum atomic E-state index is -0.263. The number of hydrogen-bond acceptors (Lipinski definition) is 2. The van der Waals surface area contributed by atoms with E-state index in [2.05, 4.69) is 24.4 Å². The molecule has 21 heavy (non-hydrogen) atoms.